The van der Waals surface area contributed by atoms with E-state index in [0.717, 1.165) is 55.2 Å². The summed E-state index contributed by atoms with van der Waals surface area (Å²) in [5, 5.41) is 38.7. The molecular weight excluding hydrogens is 418 g/mol. The summed E-state index contributed by atoms with van der Waals surface area (Å²) in [5.74, 6) is -0.000386. The first-order chi connectivity index (χ1) is 14.5. The highest BCUT2D eigenvalue weighted by Gasteiger charge is 2.29. The van der Waals surface area contributed by atoms with Crippen LogP contribution in [0.15, 0.2) is 30.3 Å². The van der Waals surface area contributed by atoms with E-state index >= 15 is 0 Å². The Bertz CT molecular complexity index is 845. The van der Waals surface area contributed by atoms with Crippen LogP contribution in [0, 0.1) is 0 Å². The smallest absolute Gasteiger partial charge is 0.160 e. The van der Waals surface area contributed by atoms with Gasteiger partial charge in [-0.1, -0.05) is 31.4 Å². The SMILES string of the molecule is Cl.NC1CCc2c(ccc(O)c2O)C1CCCCCCOCCc1ccc(O)c(O)c1. The minimum absolute atomic E-state index is 0. The maximum absolute atomic E-state index is 10.1. The van der Waals surface area contributed by atoms with E-state index in [1.165, 1.54) is 6.07 Å². The van der Waals surface area contributed by atoms with Crippen LogP contribution in [0.3, 0.4) is 0 Å². The summed E-state index contributed by atoms with van der Waals surface area (Å²) in [6.07, 6.45) is 7.52. The van der Waals surface area contributed by atoms with Crippen molar-refractivity contribution >= 4 is 12.4 Å². The Morgan fingerprint density at radius 3 is 2.39 bits per heavy atom. The number of fused-ring (bicyclic) bond motifs is 1. The first-order valence-electron chi connectivity index (χ1n) is 10.8. The minimum Gasteiger partial charge on any atom is -0.504 e. The van der Waals surface area contributed by atoms with E-state index in [0.29, 0.717) is 26.1 Å². The normalized spacial score (nSPS) is 17.7. The zero-order valence-electron chi connectivity index (χ0n) is 17.8. The summed E-state index contributed by atoms with van der Waals surface area (Å²) in [5.41, 5.74) is 9.24. The van der Waals surface area contributed by atoms with Gasteiger partial charge in [0.1, 0.15) is 0 Å². The third kappa shape index (κ3) is 6.66. The largest absolute Gasteiger partial charge is 0.504 e. The number of hydrogen-bond donors (Lipinski definition) is 5. The lowest BCUT2D eigenvalue weighted by atomic mass is 9.76. The first-order valence-corrected chi connectivity index (χ1v) is 10.8. The number of halogens is 1. The van der Waals surface area contributed by atoms with Gasteiger partial charge < -0.3 is 30.9 Å². The van der Waals surface area contributed by atoms with E-state index < -0.39 is 0 Å². The van der Waals surface area contributed by atoms with Gasteiger partial charge in [0.2, 0.25) is 0 Å². The Morgan fingerprint density at radius 2 is 1.61 bits per heavy atom. The molecule has 1 aliphatic carbocycles. The van der Waals surface area contributed by atoms with Crippen LogP contribution in [0.1, 0.15) is 61.1 Å². The lowest BCUT2D eigenvalue weighted by molar-refractivity contribution is 0.132. The lowest BCUT2D eigenvalue weighted by Gasteiger charge is -2.32. The molecule has 7 heteroatoms. The number of aromatic hydroxyl groups is 4. The molecule has 0 saturated carbocycles. The quantitative estimate of drug-likeness (QED) is 0.268. The molecule has 0 bridgehead atoms. The molecule has 172 valence electrons. The average molecular weight is 452 g/mol. The van der Waals surface area contributed by atoms with E-state index in [-0.39, 0.29) is 47.4 Å². The van der Waals surface area contributed by atoms with Crippen molar-refractivity contribution in [3.05, 3.63) is 47.0 Å². The zero-order chi connectivity index (χ0) is 21.5. The number of unbranched alkanes of at least 4 members (excludes halogenated alkanes) is 3. The predicted octanol–water partition coefficient (Wildman–Crippen LogP) is 4.50. The molecular formula is C24H34ClNO5. The van der Waals surface area contributed by atoms with Crippen LogP contribution >= 0.6 is 12.4 Å². The second-order valence-corrected chi connectivity index (χ2v) is 8.20. The Labute approximate surface area is 190 Å². The van der Waals surface area contributed by atoms with E-state index in [9.17, 15) is 20.4 Å². The van der Waals surface area contributed by atoms with Crippen molar-refractivity contribution in [2.24, 2.45) is 5.73 Å². The molecule has 2 atom stereocenters. The summed E-state index contributed by atoms with van der Waals surface area (Å²) >= 11 is 0. The molecule has 2 aromatic carbocycles. The highest BCUT2D eigenvalue weighted by molar-refractivity contribution is 5.85. The summed E-state index contributed by atoms with van der Waals surface area (Å²) in [6.45, 7) is 1.30. The fraction of sp³-hybridized carbons (Fsp3) is 0.500. The molecule has 0 aliphatic heterocycles. The number of hydrogen-bond acceptors (Lipinski definition) is 6. The molecule has 2 aromatic rings. The second-order valence-electron chi connectivity index (χ2n) is 8.20. The van der Waals surface area contributed by atoms with E-state index in [1.807, 2.05) is 6.07 Å². The summed E-state index contributed by atoms with van der Waals surface area (Å²) in [4.78, 5) is 0. The summed E-state index contributed by atoms with van der Waals surface area (Å²) in [7, 11) is 0. The van der Waals surface area contributed by atoms with Gasteiger partial charge in [-0.15, -0.1) is 12.4 Å². The molecule has 6 N–H and O–H groups in total. The number of ether oxygens (including phenoxy) is 1. The molecule has 3 rings (SSSR count). The molecule has 6 nitrogen and oxygen atoms in total. The molecule has 31 heavy (non-hydrogen) atoms. The van der Waals surface area contributed by atoms with Crippen LogP contribution in [0.2, 0.25) is 0 Å². The standard InChI is InChI=1S/C24H33NO5.ClH/c25-20-9-7-19-17(8-11-22(27)24(19)29)18(20)5-3-1-2-4-13-30-14-12-16-6-10-21(26)23(28)15-16;/h6,8,10-11,15,18,20,26-29H,1-5,7,9,12-14,25H2;1H. The molecule has 0 spiro atoms. The van der Waals surface area contributed by atoms with Crippen molar-refractivity contribution in [2.45, 2.75) is 63.3 Å². The molecule has 0 amide bonds. The predicted molar refractivity (Wildman–Crippen MR) is 123 cm³/mol. The number of benzene rings is 2. The Kier molecular flexibility index (Phi) is 9.75. The summed E-state index contributed by atoms with van der Waals surface area (Å²) < 4.78 is 5.68. The van der Waals surface area contributed by atoms with E-state index in [4.69, 9.17) is 10.5 Å². The van der Waals surface area contributed by atoms with Crippen molar-refractivity contribution in [1.29, 1.82) is 0 Å². The van der Waals surface area contributed by atoms with E-state index in [2.05, 4.69) is 0 Å². The van der Waals surface area contributed by atoms with Gasteiger partial charge in [-0.3, -0.25) is 0 Å². The monoisotopic (exact) mass is 451 g/mol. The van der Waals surface area contributed by atoms with Gasteiger partial charge in [0.05, 0.1) is 6.61 Å². The van der Waals surface area contributed by atoms with Crippen molar-refractivity contribution in [3.63, 3.8) is 0 Å². The maximum atomic E-state index is 10.1. The topological polar surface area (TPSA) is 116 Å². The van der Waals surface area contributed by atoms with Gasteiger partial charge in [0.25, 0.3) is 0 Å². The van der Waals surface area contributed by atoms with Crippen LogP contribution in [0.4, 0.5) is 0 Å². The van der Waals surface area contributed by atoms with Crippen LogP contribution < -0.4 is 5.73 Å². The van der Waals surface area contributed by atoms with Gasteiger partial charge in [-0.2, -0.15) is 0 Å². The average Bonchev–Trinajstić information content (AvgIpc) is 2.73. The third-order valence-electron chi connectivity index (χ3n) is 6.07. The number of phenols is 4. The van der Waals surface area contributed by atoms with Crippen LogP contribution in [0.25, 0.3) is 0 Å². The molecule has 2 unspecified atom stereocenters. The van der Waals surface area contributed by atoms with Crippen molar-refractivity contribution in [3.8, 4) is 23.0 Å². The third-order valence-corrected chi connectivity index (χ3v) is 6.07. The molecule has 0 aromatic heterocycles. The van der Waals surface area contributed by atoms with Crippen LogP contribution in [0.5, 0.6) is 23.0 Å². The first kappa shape index (κ1) is 25.1. The van der Waals surface area contributed by atoms with Gasteiger partial charge >= 0.3 is 0 Å². The van der Waals surface area contributed by atoms with Crippen molar-refractivity contribution < 1.29 is 25.2 Å². The summed E-state index contributed by atoms with van der Waals surface area (Å²) in [6, 6.07) is 8.42. The molecule has 1 aliphatic rings. The Balaban J connectivity index is 0.00000341. The molecule has 0 fully saturated rings. The van der Waals surface area contributed by atoms with Crippen LogP contribution in [-0.2, 0) is 17.6 Å². The molecule has 0 heterocycles. The van der Waals surface area contributed by atoms with Gasteiger partial charge in [0.15, 0.2) is 23.0 Å². The highest BCUT2D eigenvalue weighted by Crippen LogP contribution is 2.42. The van der Waals surface area contributed by atoms with Gasteiger partial charge in [-0.25, -0.2) is 0 Å². The van der Waals surface area contributed by atoms with E-state index in [1.54, 1.807) is 18.2 Å². The van der Waals surface area contributed by atoms with Gasteiger partial charge in [0, 0.05) is 18.2 Å². The Morgan fingerprint density at radius 1 is 0.871 bits per heavy atom. The highest BCUT2D eigenvalue weighted by atomic mass is 35.5. The molecule has 0 saturated heterocycles. The van der Waals surface area contributed by atoms with Crippen molar-refractivity contribution in [1.82, 2.24) is 0 Å². The minimum atomic E-state index is -0.104. The number of nitrogens with two attached hydrogens (primary N) is 1. The van der Waals surface area contributed by atoms with Crippen LogP contribution in [-0.4, -0.2) is 39.7 Å². The second kappa shape index (κ2) is 12.0. The van der Waals surface area contributed by atoms with Gasteiger partial charge in [-0.05, 0) is 67.3 Å². The Hall–Kier alpha value is -2.15. The maximum Gasteiger partial charge on any atom is 0.160 e. The van der Waals surface area contributed by atoms with Crippen molar-refractivity contribution in [2.75, 3.05) is 13.2 Å². The fourth-order valence-corrected chi connectivity index (χ4v) is 4.30. The molecule has 0 radical (unpaired) electrons. The number of phenolic OH excluding ortho intramolecular Hbond substituents is 4. The lowest BCUT2D eigenvalue weighted by Crippen LogP contribution is -2.33. The fourth-order valence-electron chi connectivity index (χ4n) is 4.30. The number of rotatable bonds is 10. The zero-order valence-corrected chi connectivity index (χ0v) is 18.6.